The SMILES string of the molecule is CC(C)C(C)CNC(=O)c1ccc(Br)o1. The number of amides is 1. The van der Waals surface area contributed by atoms with Gasteiger partial charge in [0.25, 0.3) is 5.91 Å². The maximum atomic E-state index is 11.6. The summed E-state index contributed by atoms with van der Waals surface area (Å²) < 4.78 is 5.72. The molecule has 0 aliphatic heterocycles. The van der Waals surface area contributed by atoms with Gasteiger partial charge < -0.3 is 9.73 Å². The van der Waals surface area contributed by atoms with Gasteiger partial charge >= 0.3 is 0 Å². The van der Waals surface area contributed by atoms with Crippen LogP contribution in [0.5, 0.6) is 0 Å². The third-order valence-corrected chi connectivity index (χ3v) is 2.95. The quantitative estimate of drug-likeness (QED) is 0.916. The van der Waals surface area contributed by atoms with Gasteiger partial charge in [-0.15, -0.1) is 0 Å². The molecule has 0 bridgehead atoms. The lowest BCUT2D eigenvalue weighted by Gasteiger charge is -2.15. The van der Waals surface area contributed by atoms with Crippen LogP contribution in [0.1, 0.15) is 31.3 Å². The second kappa shape index (κ2) is 5.35. The highest BCUT2D eigenvalue weighted by Gasteiger charge is 2.12. The van der Waals surface area contributed by atoms with Gasteiger partial charge in [-0.05, 0) is 39.9 Å². The number of carbonyl (C=O) groups is 1. The third-order valence-electron chi connectivity index (χ3n) is 2.52. The largest absolute Gasteiger partial charge is 0.444 e. The fourth-order valence-electron chi connectivity index (χ4n) is 1.01. The number of rotatable bonds is 4. The molecule has 0 aromatic carbocycles. The Labute approximate surface area is 98.4 Å². The van der Waals surface area contributed by atoms with E-state index in [0.29, 0.717) is 28.8 Å². The van der Waals surface area contributed by atoms with Gasteiger partial charge in [0.05, 0.1) is 0 Å². The Morgan fingerprint density at radius 2 is 2.13 bits per heavy atom. The number of hydrogen-bond acceptors (Lipinski definition) is 2. The van der Waals surface area contributed by atoms with Crippen LogP contribution in [-0.4, -0.2) is 12.5 Å². The van der Waals surface area contributed by atoms with E-state index in [1.165, 1.54) is 0 Å². The first-order valence-corrected chi connectivity index (χ1v) is 5.83. The zero-order valence-electron chi connectivity index (χ0n) is 9.21. The molecule has 15 heavy (non-hydrogen) atoms. The van der Waals surface area contributed by atoms with Crippen molar-refractivity contribution < 1.29 is 9.21 Å². The van der Waals surface area contributed by atoms with Crippen molar-refractivity contribution in [3.8, 4) is 0 Å². The maximum Gasteiger partial charge on any atom is 0.287 e. The zero-order valence-corrected chi connectivity index (χ0v) is 10.8. The molecule has 84 valence electrons. The van der Waals surface area contributed by atoms with Crippen LogP contribution in [-0.2, 0) is 0 Å². The number of nitrogens with one attached hydrogen (secondary N) is 1. The molecule has 3 nitrogen and oxygen atoms in total. The first-order chi connectivity index (χ1) is 7.00. The van der Waals surface area contributed by atoms with Crippen LogP contribution in [0.4, 0.5) is 0 Å². The van der Waals surface area contributed by atoms with E-state index in [9.17, 15) is 4.79 Å². The van der Waals surface area contributed by atoms with Crippen molar-refractivity contribution in [1.82, 2.24) is 5.32 Å². The monoisotopic (exact) mass is 273 g/mol. The molecule has 0 saturated heterocycles. The van der Waals surface area contributed by atoms with Crippen LogP contribution in [0.2, 0.25) is 0 Å². The average molecular weight is 274 g/mol. The van der Waals surface area contributed by atoms with Gasteiger partial charge in [0.2, 0.25) is 0 Å². The molecule has 1 aromatic heterocycles. The van der Waals surface area contributed by atoms with E-state index in [1.807, 2.05) is 0 Å². The number of halogens is 1. The Balaban J connectivity index is 2.43. The molecule has 0 fully saturated rings. The van der Waals surface area contributed by atoms with Crippen molar-refractivity contribution in [2.75, 3.05) is 6.54 Å². The van der Waals surface area contributed by atoms with E-state index in [0.717, 1.165) is 0 Å². The minimum Gasteiger partial charge on any atom is -0.444 e. The van der Waals surface area contributed by atoms with Crippen LogP contribution in [0.15, 0.2) is 21.2 Å². The number of carbonyl (C=O) groups excluding carboxylic acids is 1. The van der Waals surface area contributed by atoms with Crippen molar-refractivity contribution >= 4 is 21.8 Å². The summed E-state index contributed by atoms with van der Waals surface area (Å²) in [4.78, 5) is 11.6. The summed E-state index contributed by atoms with van der Waals surface area (Å²) in [6.07, 6.45) is 0. The Hall–Kier alpha value is -0.770. The zero-order chi connectivity index (χ0) is 11.4. The summed E-state index contributed by atoms with van der Waals surface area (Å²) in [6.45, 7) is 7.07. The molecule has 1 rings (SSSR count). The van der Waals surface area contributed by atoms with Gasteiger partial charge in [-0.1, -0.05) is 20.8 Å². The second-order valence-electron chi connectivity index (χ2n) is 4.04. The lowest BCUT2D eigenvalue weighted by Crippen LogP contribution is -2.29. The van der Waals surface area contributed by atoms with Crippen LogP contribution >= 0.6 is 15.9 Å². The van der Waals surface area contributed by atoms with Crippen LogP contribution in [0.3, 0.4) is 0 Å². The van der Waals surface area contributed by atoms with Crippen LogP contribution in [0, 0.1) is 11.8 Å². The summed E-state index contributed by atoms with van der Waals surface area (Å²) in [6, 6.07) is 3.36. The average Bonchev–Trinajstić information content (AvgIpc) is 2.60. The summed E-state index contributed by atoms with van der Waals surface area (Å²) in [5.74, 6) is 1.21. The highest BCUT2D eigenvalue weighted by atomic mass is 79.9. The van der Waals surface area contributed by atoms with Gasteiger partial charge in [0.1, 0.15) is 0 Å². The Morgan fingerprint density at radius 3 is 2.60 bits per heavy atom. The van der Waals surface area contributed by atoms with Crippen molar-refractivity contribution in [1.29, 1.82) is 0 Å². The minimum absolute atomic E-state index is 0.159. The molecule has 1 atom stereocenters. The Kier molecular flexibility index (Phi) is 4.39. The molecular weight excluding hydrogens is 258 g/mol. The molecular formula is C11H16BrNO2. The first-order valence-electron chi connectivity index (χ1n) is 5.04. The smallest absolute Gasteiger partial charge is 0.287 e. The highest BCUT2D eigenvalue weighted by molar-refractivity contribution is 9.10. The lowest BCUT2D eigenvalue weighted by atomic mass is 9.98. The molecule has 0 saturated carbocycles. The van der Waals surface area contributed by atoms with E-state index < -0.39 is 0 Å². The molecule has 1 N–H and O–H groups in total. The molecule has 1 aromatic rings. The molecule has 1 amide bonds. The number of furan rings is 1. The topological polar surface area (TPSA) is 42.2 Å². The standard InChI is InChI=1S/C11H16BrNO2/c1-7(2)8(3)6-13-11(14)9-4-5-10(12)15-9/h4-5,7-8H,6H2,1-3H3,(H,13,14). The minimum atomic E-state index is -0.159. The van der Waals surface area contributed by atoms with Gasteiger partial charge in [-0.25, -0.2) is 0 Å². The Bertz CT molecular complexity index is 333. The normalized spacial score (nSPS) is 12.9. The summed E-state index contributed by atoms with van der Waals surface area (Å²) >= 11 is 3.16. The molecule has 0 radical (unpaired) electrons. The van der Waals surface area contributed by atoms with Gasteiger partial charge in [0, 0.05) is 6.54 Å². The van der Waals surface area contributed by atoms with Crippen LogP contribution < -0.4 is 5.32 Å². The molecule has 1 heterocycles. The highest BCUT2D eigenvalue weighted by Crippen LogP contribution is 2.14. The Morgan fingerprint density at radius 1 is 1.47 bits per heavy atom. The van der Waals surface area contributed by atoms with Crippen LogP contribution in [0.25, 0.3) is 0 Å². The van der Waals surface area contributed by atoms with Crippen molar-refractivity contribution in [2.45, 2.75) is 20.8 Å². The number of hydrogen-bond donors (Lipinski definition) is 1. The predicted octanol–water partition coefficient (Wildman–Crippen LogP) is 3.06. The fourth-order valence-corrected chi connectivity index (χ4v) is 1.32. The van der Waals surface area contributed by atoms with Gasteiger partial charge in [-0.2, -0.15) is 0 Å². The third kappa shape index (κ3) is 3.70. The van der Waals surface area contributed by atoms with E-state index >= 15 is 0 Å². The summed E-state index contributed by atoms with van der Waals surface area (Å²) in [5.41, 5.74) is 0. The second-order valence-corrected chi connectivity index (χ2v) is 4.82. The molecule has 0 spiro atoms. The van der Waals surface area contributed by atoms with E-state index in [2.05, 4.69) is 42.0 Å². The van der Waals surface area contributed by atoms with E-state index in [-0.39, 0.29) is 5.91 Å². The van der Waals surface area contributed by atoms with E-state index in [4.69, 9.17) is 4.42 Å². The van der Waals surface area contributed by atoms with Crippen molar-refractivity contribution in [2.24, 2.45) is 11.8 Å². The summed E-state index contributed by atoms with van der Waals surface area (Å²) in [7, 11) is 0. The van der Waals surface area contributed by atoms with E-state index in [1.54, 1.807) is 12.1 Å². The molecule has 0 aliphatic carbocycles. The van der Waals surface area contributed by atoms with Gasteiger partial charge in [0.15, 0.2) is 10.4 Å². The first kappa shape index (κ1) is 12.3. The van der Waals surface area contributed by atoms with Crippen molar-refractivity contribution in [3.63, 3.8) is 0 Å². The van der Waals surface area contributed by atoms with Gasteiger partial charge in [-0.3, -0.25) is 4.79 Å². The van der Waals surface area contributed by atoms with Crippen molar-refractivity contribution in [3.05, 3.63) is 22.6 Å². The summed E-state index contributed by atoms with van der Waals surface area (Å²) in [5, 5.41) is 2.84. The maximum absolute atomic E-state index is 11.6. The molecule has 4 heteroatoms. The lowest BCUT2D eigenvalue weighted by molar-refractivity contribution is 0.0916. The molecule has 0 aliphatic rings. The fraction of sp³-hybridized carbons (Fsp3) is 0.545. The molecule has 1 unspecified atom stereocenters. The predicted molar refractivity (Wildman–Crippen MR) is 62.7 cm³/mol.